The lowest BCUT2D eigenvalue weighted by atomic mass is 9.67. The van der Waals surface area contributed by atoms with Gasteiger partial charge in [0.15, 0.2) is 0 Å². The third-order valence-electron chi connectivity index (χ3n) is 16.2. The topological polar surface area (TPSA) is 11.4 Å². The standard InChI is InChI=1S/C70H49N3S/c1-69(2)58-34-18-15-32-54(58)56-33-21-37-63(68(56)69)72(48-26-11-5-12-27-48)51-39-41-61-66(43-51)74-67-44-57-55-40-38-50(71(46-22-7-3-8-23-46)47-24-9-4-10-25-47)42-64(55)73(49-28-13-6-14-29-49)65(57)45-62(67)70(61)59-35-19-16-30-52(59)53-31-17-20-36-60(53)70/h3-45H,1-2H3. The highest BCUT2D eigenvalue weighted by atomic mass is 32.2. The molecule has 1 aromatic heterocycles. The number of aromatic nitrogens is 1. The van der Waals surface area contributed by atoms with Crippen LogP contribution in [0.25, 0.3) is 49.7 Å². The number of anilines is 6. The molecular formula is C70H49N3S. The van der Waals surface area contributed by atoms with Crippen LogP contribution in [0.3, 0.4) is 0 Å². The maximum Gasteiger partial charge on any atom is 0.0736 e. The Morgan fingerprint density at radius 3 is 1.46 bits per heavy atom. The SMILES string of the molecule is CC1(C)c2ccccc2-c2cccc(N(c3ccccc3)c3ccc4c(c3)Sc3cc5c6ccc(N(c7ccccc7)c7ccccc7)cc6n(-c6ccccc6)c5cc3C43c4ccccc4-c4ccccc43)c21. The van der Waals surface area contributed by atoms with Crippen LogP contribution in [0.2, 0.25) is 0 Å². The first kappa shape index (κ1) is 42.8. The van der Waals surface area contributed by atoms with Crippen molar-refractivity contribution in [3.8, 4) is 27.9 Å². The molecule has 0 amide bonds. The van der Waals surface area contributed by atoms with E-state index in [0.29, 0.717) is 0 Å². The van der Waals surface area contributed by atoms with Gasteiger partial charge in [-0.3, -0.25) is 0 Å². The zero-order valence-electron chi connectivity index (χ0n) is 41.1. The van der Waals surface area contributed by atoms with E-state index in [9.17, 15) is 0 Å². The Morgan fingerprint density at radius 1 is 0.338 bits per heavy atom. The summed E-state index contributed by atoms with van der Waals surface area (Å²) >= 11 is 1.92. The molecule has 0 saturated carbocycles. The Balaban J connectivity index is 0.993. The fourth-order valence-corrected chi connectivity index (χ4v) is 14.4. The third kappa shape index (κ3) is 6.09. The molecule has 0 saturated heterocycles. The van der Waals surface area contributed by atoms with Crippen LogP contribution in [-0.4, -0.2) is 4.57 Å². The zero-order chi connectivity index (χ0) is 49.1. The van der Waals surface area contributed by atoms with Gasteiger partial charge in [-0.15, -0.1) is 0 Å². The number of nitrogens with zero attached hydrogens (tertiary/aromatic N) is 3. The summed E-state index contributed by atoms with van der Waals surface area (Å²) in [6, 6.07) is 97.0. The van der Waals surface area contributed by atoms with E-state index in [2.05, 4.69) is 289 Å². The highest BCUT2D eigenvalue weighted by Crippen LogP contribution is 2.64. The third-order valence-corrected chi connectivity index (χ3v) is 17.3. The highest BCUT2D eigenvalue weighted by Gasteiger charge is 2.51. The van der Waals surface area contributed by atoms with Gasteiger partial charge in [0, 0.05) is 60.1 Å². The molecule has 3 nitrogen and oxygen atoms in total. The first-order valence-electron chi connectivity index (χ1n) is 25.7. The summed E-state index contributed by atoms with van der Waals surface area (Å²) in [5.41, 5.74) is 22.7. The Morgan fingerprint density at radius 2 is 0.824 bits per heavy atom. The van der Waals surface area contributed by atoms with E-state index in [0.717, 1.165) is 39.6 Å². The Bertz CT molecular complexity index is 4110. The van der Waals surface area contributed by atoms with E-state index in [4.69, 9.17) is 0 Å². The second-order valence-electron chi connectivity index (χ2n) is 20.4. The molecular weight excluding hydrogens is 915 g/mol. The Hall–Kier alpha value is -8.83. The van der Waals surface area contributed by atoms with Crippen LogP contribution in [-0.2, 0) is 10.8 Å². The van der Waals surface area contributed by atoms with Crippen LogP contribution in [0.4, 0.5) is 34.1 Å². The van der Waals surface area contributed by atoms with Crippen LogP contribution < -0.4 is 9.80 Å². The lowest BCUT2D eigenvalue weighted by molar-refractivity contribution is 0.660. The average Bonchev–Trinajstić information content (AvgIpc) is 4.14. The lowest BCUT2D eigenvalue weighted by Gasteiger charge is -2.40. The second kappa shape index (κ2) is 16.3. The van der Waals surface area contributed by atoms with Crippen molar-refractivity contribution in [1.82, 2.24) is 4.57 Å². The number of hydrogen-bond donors (Lipinski definition) is 0. The largest absolute Gasteiger partial charge is 0.310 e. The predicted molar refractivity (Wildman–Crippen MR) is 309 cm³/mol. The summed E-state index contributed by atoms with van der Waals surface area (Å²) in [5, 5.41) is 2.45. The molecule has 0 unspecified atom stereocenters. The van der Waals surface area contributed by atoms with Gasteiger partial charge in [0.05, 0.1) is 22.1 Å². The van der Waals surface area contributed by atoms with Crippen molar-refractivity contribution in [2.24, 2.45) is 0 Å². The van der Waals surface area contributed by atoms with E-state index in [1.807, 2.05) is 11.8 Å². The highest BCUT2D eigenvalue weighted by molar-refractivity contribution is 7.99. The van der Waals surface area contributed by atoms with Crippen LogP contribution in [0.1, 0.15) is 47.2 Å². The van der Waals surface area contributed by atoms with Crippen LogP contribution >= 0.6 is 11.8 Å². The quantitative estimate of drug-likeness (QED) is 0.158. The van der Waals surface area contributed by atoms with Gasteiger partial charge < -0.3 is 14.4 Å². The molecule has 1 aliphatic heterocycles. The van der Waals surface area contributed by atoms with Crippen LogP contribution in [0.15, 0.2) is 271 Å². The summed E-state index contributed by atoms with van der Waals surface area (Å²) in [6.07, 6.45) is 0. The minimum Gasteiger partial charge on any atom is -0.310 e. The molecule has 1 spiro atoms. The van der Waals surface area contributed by atoms with Gasteiger partial charge in [0.25, 0.3) is 0 Å². The summed E-state index contributed by atoms with van der Waals surface area (Å²) in [7, 11) is 0. The van der Waals surface area contributed by atoms with Gasteiger partial charge >= 0.3 is 0 Å². The van der Waals surface area contributed by atoms with Crippen molar-refractivity contribution in [3.63, 3.8) is 0 Å². The second-order valence-corrected chi connectivity index (χ2v) is 21.5. The van der Waals surface area contributed by atoms with Crippen molar-refractivity contribution in [3.05, 3.63) is 294 Å². The predicted octanol–water partition coefficient (Wildman–Crippen LogP) is 18.9. The Kier molecular flexibility index (Phi) is 9.46. The fraction of sp³-hybridized carbons (Fsp3) is 0.0571. The molecule has 4 heteroatoms. The van der Waals surface area contributed by atoms with Crippen LogP contribution in [0, 0.1) is 0 Å². The first-order valence-corrected chi connectivity index (χ1v) is 26.5. The van der Waals surface area contributed by atoms with E-state index in [-0.39, 0.29) is 5.41 Å². The molecule has 0 radical (unpaired) electrons. The lowest BCUT2D eigenvalue weighted by Crippen LogP contribution is -2.32. The normalized spacial score (nSPS) is 14.0. The fourth-order valence-electron chi connectivity index (χ4n) is 13.1. The summed E-state index contributed by atoms with van der Waals surface area (Å²) in [4.78, 5) is 7.40. The molecule has 12 aromatic rings. The van der Waals surface area contributed by atoms with Crippen LogP contribution in [0.5, 0.6) is 0 Å². The summed E-state index contributed by atoms with van der Waals surface area (Å²) in [6.45, 7) is 4.78. The van der Waals surface area contributed by atoms with Gasteiger partial charge in [-0.1, -0.05) is 195 Å². The number of benzene rings is 11. The molecule has 3 aliphatic rings. The molecule has 0 N–H and O–H groups in total. The minimum absolute atomic E-state index is 0.203. The maximum absolute atomic E-state index is 2.55. The monoisotopic (exact) mass is 963 g/mol. The van der Waals surface area contributed by atoms with E-state index < -0.39 is 5.41 Å². The van der Waals surface area contributed by atoms with Gasteiger partial charge in [-0.25, -0.2) is 0 Å². The molecule has 350 valence electrons. The van der Waals surface area contributed by atoms with Crippen molar-refractivity contribution >= 4 is 67.7 Å². The summed E-state index contributed by atoms with van der Waals surface area (Å²) < 4.78 is 2.50. The van der Waals surface area contributed by atoms with Gasteiger partial charge in [0.1, 0.15) is 0 Å². The van der Waals surface area contributed by atoms with E-state index in [1.54, 1.807) is 0 Å². The maximum atomic E-state index is 2.55. The molecule has 11 aromatic carbocycles. The smallest absolute Gasteiger partial charge is 0.0736 e. The molecule has 2 heterocycles. The number of para-hydroxylation sites is 4. The van der Waals surface area contributed by atoms with Gasteiger partial charge in [-0.05, 0) is 147 Å². The molecule has 0 fully saturated rings. The zero-order valence-corrected chi connectivity index (χ0v) is 41.9. The van der Waals surface area contributed by atoms with Crippen molar-refractivity contribution in [1.29, 1.82) is 0 Å². The van der Waals surface area contributed by atoms with E-state index >= 15 is 0 Å². The molecule has 15 rings (SSSR count). The molecule has 0 atom stereocenters. The van der Waals surface area contributed by atoms with Crippen molar-refractivity contribution in [2.45, 2.75) is 34.5 Å². The molecule has 0 bridgehead atoms. The number of hydrogen-bond acceptors (Lipinski definition) is 3. The number of fused-ring (bicyclic) bond motifs is 15. The average molecular weight is 964 g/mol. The van der Waals surface area contributed by atoms with E-state index in [1.165, 1.54) is 87.4 Å². The van der Waals surface area contributed by atoms with Crippen molar-refractivity contribution in [2.75, 3.05) is 9.80 Å². The van der Waals surface area contributed by atoms with Gasteiger partial charge in [0.2, 0.25) is 0 Å². The summed E-state index contributed by atoms with van der Waals surface area (Å²) in [5.74, 6) is 0. The molecule has 2 aliphatic carbocycles. The molecule has 74 heavy (non-hydrogen) atoms. The minimum atomic E-state index is -0.592. The van der Waals surface area contributed by atoms with Crippen molar-refractivity contribution < 1.29 is 0 Å². The first-order chi connectivity index (χ1) is 36.5. The van der Waals surface area contributed by atoms with Gasteiger partial charge in [-0.2, -0.15) is 0 Å². The Labute approximate surface area is 436 Å². The number of rotatable bonds is 7.